The van der Waals surface area contributed by atoms with Crippen LogP contribution in [-0.2, 0) is 32.0 Å². The van der Waals surface area contributed by atoms with Gasteiger partial charge in [-0.1, -0.05) is 12.1 Å². The number of hydrogen-bond donors (Lipinski definition) is 1. The van der Waals surface area contributed by atoms with Crippen molar-refractivity contribution >= 4 is 17.5 Å². The third kappa shape index (κ3) is 4.21. The van der Waals surface area contributed by atoms with E-state index in [1.165, 1.54) is 0 Å². The van der Waals surface area contributed by atoms with E-state index in [-0.39, 0.29) is 11.8 Å². The van der Waals surface area contributed by atoms with E-state index in [4.69, 9.17) is 9.47 Å². The van der Waals surface area contributed by atoms with Crippen molar-refractivity contribution in [2.45, 2.75) is 44.4 Å². The van der Waals surface area contributed by atoms with E-state index in [1.54, 1.807) is 7.11 Å². The fourth-order valence-electron chi connectivity index (χ4n) is 3.99. The van der Waals surface area contributed by atoms with Crippen LogP contribution in [0.3, 0.4) is 0 Å². The molecule has 2 amide bonds. The Morgan fingerprint density at radius 2 is 2.25 bits per heavy atom. The molecule has 7 heteroatoms. The Kier molecular flexibility index (Phi) is 5.94. The van der Waals surface area contributed by atoms with Crippen LogP contribution in [0.25, 0.3) is 0 Å². The lowest BCUT2D eigenvalue weighted by Gasteiger charge is -2.30. The number of benzene rings is 1. The molecule has 2 fully saturated rings. The molecule has 1 saturated heterocycles. The number of methoxy groups -OCH3 is 1. The number of nitrogens with one attached hydrogen (secondary N) is 1. The van der Waals surface area contributed by atoms with Crippen molar-refractivity contribution in [2.75, 3.05) is 44.9 Å². The topological polar surface area (TPSA) is 71.1 Å². The Bertz CT molecular complexity index is 728. The highest BCUT2D eigenvalue weighted by atomic mass is 16.5. The van der Waals surface area contributed by atoms with Gasteiger partial charge in [-0.2, -0.15) is 0 Å². The van der Waals surface area contributed by atoms with E-state index in [0.29, 0.717) is 45.3 Å². The Labute approximate surface area is 166 Å². The highest BCUT2D eigenvalue weighted by Crippen LogP contribution is 2.33. The van der Waals surface area contributed by atoms with Crippen LogP contribution in [0.2, 0.25) is 0 Å². The Balaban J connectivity index is 1.48. The molecule has 152 valence electrons. The minimum Gasteiger partial charge on any atom is -0.385 e. The van der Waals surface area contributed by atoms with Crippen LogP contribution in [0.15, 0.2) is 18.2 Å². The Morgan fingerprint density at radius 1 is 1.39 bits per heavy atom. The molecule has 2 heterocycles. The van der Waals surface area contributed by atoms with Crippen LogP contribution >= 0.6 is 0 Å². The number of carbonyl (C=O) groups excluding carboxylic acids is 2. The molecule has 0 unspecified atom stereocenters. The molecule has 1 saturated carbocycles. The third-order valence-electron chi connectivity index (χ3n) is 5.64. The molecule has 0 aromatic heterocycles. The molecule has 0 bridgehead atoms. The van der Waals surface area contributed by atoms with Crippen molar-refractivity contribution in [3.05, 3.63) is 29.3 Å². The van der Waals surface area contributed by atoms with Crippen molar-refractivity contribution < 1.29 is 19.1 Å². The van der Waals surface area contributed by atoms with Gasteiger partial charge in [0, 0.05) is 51.6 Å². The third-order valence-corrected chi connectivity index (χ3v) is 5.64. The van der Waals surface area contributed by atoms with Gasteiger partial charge >= 0.3 is 0 Å². The van der Waals surface area contributed by atoms with E-state index in [1.807, 2.05) is 21.9 Å². The Morgan fingerprint density at radius 3 is 2.96 bits per heavy atom. The zero-order chi connectivity index (χ0) is 19.5. The van der Waals surface area contributed by atoms with Crippen LogP contribution in [-0.4, -0.2) is 68.8 Å². The maximum atomic E-state index is 13.0. The molecule has 7 nitrogen and oxygen atoms in total. The molecule has 1 aromatic rings. The molecule has 4 rings (SSSR count). The summed E-state index contributed by atoms with van der Waals surface area (Å²) in [6.45, 7) is 3.82. The van der Waals surface area contributed by atoms with Crippen LogP contribution in [0.5, 0.6) is 0 Å². The fourth-order valence-corrected chi connectivity index (χ4v) is 3.99. The first-order chi connectivity index (χ1) is 13.7. The summed E-state index contributed by atoms with van der Waals surface area (Å²) in [6.07, 6.45) is 2.98. The van der Waals surface area contributed by atoms with E-state index in [9.17, 15) is 9.59 Å². The Hall–Kier alpha value is -1.96. The molecule has 28 heavy (non-hydrogen) atoms. The second kappa shape index (κ2) is 8.59. The average Bonchev–Trinajstić information content (AvgIpc) is 3.51. The number of hydrogen-bond acceptors (Lipinski definition) is 5. The van der Waals surface area contributed by atoms with Crippen molar-refractivity contribution in [1.82, 2.24) is 10.2 Å². The van der Waals surface area contributed by atoms with Crippen LogP contribution in [0, 0.1) is 0 Å². The van der Waals surface area contributed by atoms with Crippen molar-refractivity contribution in [2.24, 2.45) is 0 Å². The largest absolute Gasteiger partial charge is 0.385 e. The maximum Gasteiger partial charge on any atom is 0.253 e. The standard InChI is InChI=1S/C21H29N3O4/c1-27-9-2-8-23-18-11-15(3-4-16(18)12-20(23)25)14-24(17-5-6-17)21(26)19-13-22-7-10-28-19/h3-4,11,17,19,22H,2,5-10,12-14H2,1H3/t19-/m1/s1. The lowest BCUT2D eigenvalue weighted by atomic mass is 10.1. The molecular weight excluding hydrogens is 358 g/mol. The van der Waals surface area contributed by atoms with Gasteiger partial charge in [0.25, 0.3) is 5.91 Å². The molecule has 1 aromatic carbocycles. The molecule has 1 atom stereocenters. The number of anilines is 1. The van der Waals surface area contributed by atoms with E-state index < -0.39 is 6.10 Å². The molecule has 2 aliphatic heterocycles. The summed E-state index contributed by atoms with van der Waals surface area (Å²) in [5.74, 6) is 0.211. The molecule has 1 aliphatic carbocycles. The normalized spacial score (nSPS) is 21.7. The summed E-state index contributed by atoms with van der Waals surface area (Å²) < 4.78 is 10.8. The number of amides is 2. The monoisotopic (exact) mass is 387 g/mol. The number of rotatable bonds is 8. The lowest BCUT2D eigenvalue weighted by Crippen LogP contribution is -2.49. The fraction of sp³-hybridized carbons (Fsp3) is 0.619. The summed E-state index contributed by atoms with van der Waals surface area (Å²) in [4.78, 5) is 29.2. The second-order valence-corrected chi connectivity index (χ2v) is 7.79. The number of ether oxygens (including phenoxy) is 2. The summed E-state index contributed by atoms with van der Waals surface area (Å²) >= 11 is 0. The first kappa shape index (κ1) is 19.4. The smallest absolute Gasteiger partial charge is 0.253 e. The van der Waals surface area contributed by atoms with E-state index in [0.717, 1.165) is 42.6 Å². The van der Waals surface area contributed by atoms with Gasteiger partial charge in [0.2, 0.25) is 5.91 Å². The van der Waals surface area contributed by atoms with Gasteiger partial charge in [0.1, 0.15) is 6.10 Å². The number of morpholine rings is 1. The van der Waals surface area contributed by atoms with Gasteiger partial charge in [0.05, 0.1) is 13.0 Å². The van der Waals surface area contributed by atoms with Crippen LogP contribution in [0.4, 0.5) is 5.69 Å². The SMILES string of the molecule is COCCCN1C(=O)Cc2ccc(CN(C(=O)[C@H]3CNCCO3)C3CC3)cc21. The number of fused-ring (bicyclic) bond motifs is 1. The molecular formula is C21H29N3O4. The van der Waals surface area contributed by atoms with Gasteiger partial charge in [-0.15, -0.1) is 0 Å². The van der Waals surface area contributed by atoms with E-state index >= 15 is 0 Å². The summed E-state index contributed by atoms with van der Waals surface area (Å²) in [6, 6.07) is 6.47. The first-order valence-electron chi connectivity index (χ1n) is 10.2. The summed E-state index contributed by atoms with van der Waals surface area (Å²) in [5.41, 5.74) is 3.11. The summed E-state index contributed by atoms with van der Waals surface area (Å²) in [5, 5.41) is 3.24. The van der Waals surface area contributed by atoms with Crippen molar-refractivity contribution in [3.8, 4) is 0 Å². The number of nitrogens with zero attached hydrogens (tertiary/aromatic N) is 2. The quantitative estimate of drug-likeness (QED) is 0.676. The second-order valence-electron chi connectivity index (χ2n) is 7.79. The minimum absolute atomic E-state index is 0.0724. The summed E-state index contributed by atoms with van der Waals surface area (Å²) in [7, 11) is 1.67. The van der Waals surface area contributed by atoms with Crippen LogP contribution in [0.1, 0.15) is 30.4 Å². The minimum atomic E-state index is -0.393. The highest BCUT2D eigenvalue weighted by molar-refractivity contribution is 6.01. The zero-order valence-corrected chi connectivity index (χ0v) is 16.5. The maximum absolute atomic E-state index is 13.0. The van der Waals surface area contributed by atoms with Gasteiger partial charge in [0.15, 0.2) is 0 Å². The molecule has 0 radical (unpaired) electrons. The van der Waals surface area contributed by atoms with Crippen molar-refractivity contribution in [3.63, 3.8) is 0 Å². The average molecular weight is 387 g/mol. The molecule has 0 spiro atoms. The van der Waals surface area contributed by atoms with Gasteiger partial charge in [-0.25, -0.2) is 0 Å². The zero-order valence-electron chi connectivity index (χ0n) is 16.5. The molecule has 3 aliphatic rings. The predicted molar refractivity (Wildman–Crippen MR) is 105 cm³/mol. The number of carbonyl (C=O) groups is 2. The lowest BCUT2D eigenvalue weighted by molar-refractivity contribution is -0.146. The first-order valence-corrected chi connectivity index (χ1v) is 10.2. The van der Waals surface area contributed by atoms with Gasteiger partial charge in [-0.05, 0) is 36.5 Å². The van der Waals surface area contributed by atoms with E-state index in [2.05, 4.69) is 11.4 Å². The molecule has 1 N–H and O–H groups in total. The predicted octanol–water partition coefficient (Wildman–Crippen LogP) is 1.09. The highest BCUT2D eigenvalue weighted by Gasteiger charge is 2.37. The van der Waals surface area contributed by atoms with Crippen molar-refractivity contribution in [1.29, 1.82) is 0 Å². The van der Waals surface area contributed by atoms with Gasteiger partial charge < -0.3 is 24.6 Å². The van der Waals surface area contributed by atoms with Gasteiger partial charge in [-0.3, -0.25) is 9.59 Å². The van der Waals surface area contributed by atoms with Crippen LogP contribution < -0.4 is 10.2 Å².